The van der Waals surface area contributed by atoms with E-state index in [0.717, 1.165) is 5.69 Å². The fraction of sp³-hybridized carbons (Fsp3) is 0.143. The Hall–Kier alpha value is -1.10. The molecule has 0 radical (unpaired) electrons. The molecule has 0 amide bonds. The van der Waals surface area contributed by atoms with Crippen LogP contribution < -0.4 is 5.06 Å². The quantitative estimate of drug-likeness (QED) is 0.568. The van der Waals surface area contributed by atoms with E-state index in [0.29, 0.717) is 6.73 Å². The Labute approximate surface area is 63.7 Å². The van der Waals surface area contributed by atoms with E-state index in [-0.39, 0.29) is 0 Å². The van der Waals surface area contributed by atoms with Gasteiger partial charge in [-0.1, -0.05) is 23.2 Å². The summed E-state index contributed by atoms with van der Waals surface area (Å²) in [4.78, 5) is 9.17. The lowest BCUT2D eigenvalue weighted by Gasteiger charge is -2.08. The molecule has 0 bridgehead atoms. The number of rotatable bonds is 1. The molecule has 1 aromatic carbocycles. The lowest BCUT2D eigenvalue weighted by atomic mass is 10.3. The SMILES string of the molecule is c1ccc(N2COOO2)cc1. The zero-order valence-corrected chi connectivity index (χ0v) is 5.77. The second kappa shape index (κ2) is 2.87. The van der Waals surface area contributed by atoms with Crippen molar-refractivity contribution in [1.29, 1.82) is 0 Å². The topological polar surface area (TPSA) is 30.9 Å². The van der Waals surface area contributed by atoms with E-state index in [2.05, 4.69) is 14.9 Å². The summed E-state index contributed by atoms with van der Waals surface area (Å²) in [5.41, 5.74) is 0.907. The van der Waals surface area contributed by atoms with E-state index in [1.165, 1.54) is 5.06 Å². The molecule has 0 spiro atoms. The van der Waals surface area contributed by atoms with Crippen molar-refractivity contribution in [2.75, 3.05) is 11.8 Å². The molecule has 0 N–H and O–H groups in total. The molecule has 1 heterocycles. The zero-order chi connectivity index (χ0) is 7.52. The number of anilines is 1. The van der Waals surface area contributed by atoms with Gasteiger partial charge < -0.3 is 0 Å². The van der Waals surface area contributed by atoms with Gasteiger partial charge in [0.05, 0.1) is 5.69 Å². The van der Waals surface area contributed by atoms with Crippen LogP contribution in [0.2, 0.25) is 0 Å². The summed E-state index contributed by atoms with van der Waals surface area (Å²) in [5.74, 6) is 0. The van der Waals surface area contributed by atoms with Crippen molar-refractivity contribution in [1.82, 2.24) is 0 Å². The van der Waals surface area contributed by atoms with Crippen molar-refractivity contribution in [2.24, 2.45) is 0 Å². The van der Waals surface area contributed by atoms with Crippen molar-refractivity contribution >= 4 is 5.69 Å². The van der Waals surface area contributed by atoms with Crippen LogP contribution in [-0.4, -0.2) is 6.73 Å². The molecule has 58 valence electrons. The maximum atomic E-state index is 4.65. The molecule has 4 heteroatoms. The highest BCUT2D eigenvalue weighted by Crippen LogP contribution is 2.16. The summed E-state index contributed by atoms with van der Waals surface area (Å²) < 4.78 is 0. The normalized spacial score (nSPS) is 17.3. The van der Waals surface area contributed by atoms with Gasteiger partial charge in [-0.15, -0.1) is 0 Å². The standard InChI is InChI=1S/C7H7NO3/c1-2-4-7(5-3-1)8-6-9-11-10-8/h1-5H,6H2. The van der Waals surface area contributed by atoms with Crippen LogP contribution in [0.25, 0.3) is 0 Å². The van der Waals surface area contributed by atoms with Gasteiger partial charge in [0, 0.05) is 0 Å². The van der Waals surface area contributed by atoms with E-state index < -0.39 is 0 Å². The predicted molar refractivity (Wildman–Crippen MR) is 37.0 cm³/mol. The number of hydrogen-bond acceptors (Lipinski definition) is 4. The Balaban J connectivity index is 2.16. The van der Waals surface area contributed by atoms with Gasteiger partial charge in [0.25, 0.3) is 0 Å². The van der Waals surface area contributed by atoms with Crippen LogP contribution in [0.4, 0.5) is 5.69 Å². The van der Waals surface area contributed by atoms with Crippen LogP contribution in [0.15, 0.2) is 30.3 Å². The Morgan fingerprint density at radius 2 is 2.00 bits per heavy atom. The maximum Gasteiger partial charge on any atom is 0.184 e. The lowest BCUT2D eigenvalue weighted by molar-refractivity contribution is -0.455. The molecule has 1 aliphatic heterocycles. The van der Waals surface area contributed by atoms with E-state index >= 15 is 0 Å². The highest BCUT2D eigenvalue weighted by atomic mass is 17.6. The summed E-state index contributed by atoms with van der Waals surface area (Å²) in [6.07, 6.45) is 0. The first kappa shape index (κ1) is 6.60. The van der Waals surface area contributed by atoms with Gasteiger partial charge in [-0.25, -0.2) is 0 Å². The maximum absolute atomic E-state index is 4.65. The van der Waals surface area contributed by atoms with Crippen molar-refractivity contribution in [3.05, 3.63) is 30.3 Å². The molecule has 0 atom stereocenters. The minimum atomic E-state index is 0.296. The summed E-state index contributed by atoms with van der Waals surface area (Å²) >= 11 is 0. The number of hydroxylamine groups is 1. The largest absolute Gasteiger partial charge is 0.191 e. The van der Waals surface area contributed by atoms with Crippen LogP contribution in [0.1, 0.15) is 0 Å². The zero-order valence-electron chi connectivity index (χ0n) is 5.77. The van der Waals surface area contributed by atoms with Gasteiger partial charge in [0.1, 0.15) is 0 Å². The van der Waals surface area contributed by atoms with E-state index in [1.54, 1.807) is 0 Å². The first-order valence-electron chi connectivity index (χ1n) is 3.26. The van der Waals surface area contributed by atoms with E-state index in [4.69, 9.17) is 0 Å². The first-order chi connectivity index (χ1) is 5.47. The molecule has 1 aromatic rings. The Morgan fingerprint density at radius 3 is 2.64 bits per heavy atom. The smallest absolute Gasteiger partial charge is 0.184 e. The second-order valence-electron chi connectivity index (χ2n) is 2.10. The van der Waals surface area contributed by atoms with Crippen LogP contribution in [0.3, 0.4) is 0 Å². The van der Waals surface area contributed by atoms with Gasteiger partial charge >= 0.3 is 0 Å². The molecule has 1 aliphatic rings. The minimum Gasteiger partial charge on any atom is -0.191 e. The Kier molecular flexibility index (Phi) is 1.72. The number of para-hydroxylation sites is 1. The molecule has 0 aromatic heterocycles. The molecule has 0 unspecified atom stereocenters. The van der Waals surface area contributed by atoms with Gasteiger partial charge in [-0.05, 0) is 17.2 Å². The molecule has 4 nitrogen and oxygen atoms in total. The number of hydrogen-bond donors (Lipinski definition) is 0. The van der Waals surface area contributed by atoms with Gasteiger partial charge in [0.15, 0.2) is 6.73 Å². The molecular weight excluding hydrogens is 146 g/mol. The Morgan fingerprint density at radius 1 is 1.18 bits per heavy atom. The fourth-order valence-corrected chi connectivity index (χ4v) is 0.861. The molecule has 0 saturated carbocycles. The number of benzene rings is 1. The highest BCUT2D eigenvalue weighted by molar-refractivity contribution is 5.42. The number of nitrogens with zero attached hydrogens (tertiary/aromatic N) is 1. The van der Waals surface area contributed by atoms with Crippen molar-refractivity contribution < 1.29 is 14.9 Å². The second-order valence-corrected chi connectivity index (χ2v) is 2.10. The van der Waals surface area contributed by atoms with Crippen LogP contribution in [-0.2, 0) is 14.9 Å². The highest BCUT2D eigenvalue weighted by Gasteiger charge is 2.14. The first-order valence-corrected chi connectivity index (χ1v) is 3.26. The van der Waals surface area contributed by atoms with Gasteiger partial charge in [0.2, 0.25) is 0 Å². The van der Waals surface area contributed by atoms with Crippen LogP contribution >= 0.6 is 0 Å². The molecule has 2 rings (SSSR count). The fourth-order valence-electron chi connectivity index (χ4n) is 0.861. The lowest BCUT2D eigenvalue weighted by Crippen LogP contribution is -2.15. The summed E-state index contributed by atoms with van der Waals surface area (Å²) in [7, 11) is 0. The average molecular weight is 153 g/mol. The Bertz CT molecular complexity index is 220. The third-order valence-electron chi connectivity index (χ3n) is 1.38. The van der Waals surface area contributed by atoms with E-state index in [1.807, 2.05) is 30.3 Å². The monoisotopic (exact) mass is 153 g/mol. The average Bonchev–Trinajstić information content (AvgIpc) is 2.58. The summed E-state index contributed by atoms with van der Waals surface area (Å²) in [6, 6.07) is 9.56. The summed E-state index contributed by atoms with van der Waals surface area (Å²) in [6.45, 7) is 0.296. The third kappa shape index (κ3) is 1.32. The predicted octanol–water partition coefficient (Wildman–Crippen LogP) is 1.26. The minimum absolute atomic E-state index is 0.296. The third-order valence-corrected chi connectivity index (χ3v) is 1.38. The molecule has 11 heavy (non-hydrogen) atoms. The molecular formula is C7H7NO3. The van der Waals surface area contributed by atoms with Crippen molar-refractivity contribution in [3.63, 3.8) is 0 Å². The van der Waals surface area contributed by atoms with Crippen LogP contribution in [0, 0.1) is 0 Å². The molecule has 0 aliphatic carbocycles. The van der Waals surface area contributed by atoms with Crippen LogP contribution in [0.5, 0.6) is 0 Å². The molecule has 1 fully saturated rings. The summed E-state index contributed by atoms with van der Waals surface area (Å²) in [5, 5.41) is 5.74. The van der Waals surface area contributed by atoms with Gasteiger partial charge in [-0.3, -0.25) is 0 Å². The van der Waals surface area contributed by atoms with Gasteiger partial charge in [-0.2, -0.15) is 9.95 Å². The van der Waals surface area contributed by atoms with Crippen molar-refractivity contribution in [3.8, 4) is 0 Å². The van der Waals surface area contributed by atoms with Crippen molar-refractivity contribution in [2.45, 2.75) is 0 Å². The van der Waals surface area contributed by atoms with E-state index in [9.17, 15) is 0 Å². The molecule has 1 saturated heterocycles.